The Balaban J connectivity index is 3.21. The first-order valence-electron chi connectivity index (χ1n) is 5.33. The van der Waals surface area contributed by atoms with Gasteiger partial charge < -0.3 is 5.73 Å². The molecule has 15 heavy (non-hydrogen) atoms. The number of hydrogen-bond acceptors (Lipinski definition) is 1. The lowest BCUT2D eigenvalue weighted by Gasteiger charge is -2.09. The topological polar surface area (TPSA) is 38.4 Å². The minimum absolute atomic E-state index is 0.296. The predicted octanol–water partition coefficient (Wildman–Crippen LogP) is 3.26. The van der Waals surface area contributed by atoms with Gasteiger partial charge in [-0.2, -0.15) is 0 Å². The van der Waals surface area contributed by atoms with E-state index < -0.39 is 0 Å². The SMILES string of the molecule is Cc1cc(C)c(N=C(N)C(C)C)c(C)c1. The Morgan fingerprint density at radius 2 is 1.60 bits per heavy atom. The first kappa shape index (κ1) is 11.8. The van der Waals surface area contributed by atoms with Gasteiger partial charge in [0.1, 0.15) is 5.84 Å². The molecule has 0 bridgehead atoms. The van der Waals surface area contributed by atoms with Crippen LogP contribution in [-0.2, 0) is 0 Å². The summed E-state index contributed by atoms with van der Waals surface area (Å²) in [6.45, 7) is 10.4. The number of hydrogen-bond donors (Lipinski definition) is 1. The normalized spacial score (nSPS) is 12.3. The van der Waals surface area contributed by atoms with Gasteiger partial charge in [0.05, 0.1) is 5.69 Å². The smallest absolute Gasteiger partial charge is 0.102 e. The van der Waals surface area contributed by atoms with E-state index in [1.807, 2.05) is 0 Å². The van der Waals surface area contributed by atoms with E-state index in [9.17, 15) is 0 Å². The zero-order valence-electron chi connectivity index (χ0n) is 10.3. The molecule has 0 saturated heterocycles. The molecular formula is C13H20N2. The van der Waals surface area contributed by atoms with Gasteiger partial charge in [-0.05, 0) is 31.9 Å². The second kappa shape index (κ2) is 4.47. The number of amidine groups is 1. The summed E-state index contributed by atoms with van der Waals surface area (Å²) in [5.41, 5.74) is 10.5. The fourth-order valence-corrected chi connectivity index (χ4v) is 1.61. The van der Waals surface area contributed by atoms with E-state index in [2.05, 4.69) is 51.7 Å². The summed E-state index contributed by atoms with van der Waals surface area (Å²) < 4.78 is 0. The Hall–Kier alpha value is -1.31. The van der Waals surface area contributed by atoms with Crippen LogP contribution in [0, 0.1) is 26.7 Å². The van der Waals surface area contributed by atoms with Gasteiger partial charge in [-0.15, -0.1) is 0 Å². The largest absolute Gasteiger partial charge is 0.387 e. The molecule has 1 rings (SSSR count). The van der Waals surface area contributed by atoms with Crippen LogP contribution in [0.25, 0.3) is 0 Å². The maximum absolute atomic E-state index is 5.87. The van der Waals surface area contributed by atoms with Crippen molar-refractivity contribution in [1.29, 1.82) is 0 Å². The number of benzene rings is 1. The Kier molecular flexibility index (Phi) is 3.51. The summed E-state index contributed by atoms with van der Waals surface area (Å²) in [5.74, 6) is 0.996. The Morgan fingerprint density at radius 3 is 2.00 bits per heavy atom. The van der Waals surface area contributed by atoms with Crippen LogP contribution >= 0.6 is 0 Å². The van der Waals surface area contributed by atoms with Crippen molar-refractivity contribution in [3.63, 3.8) is 0 Å². The third-order valence-electron chi connectivity index (χ3n) is 2.47. The number of aryl methyl sites for hydroxylation is 3. The highest BCUT2D eigenvalue weighted by molar-refractivity contribution is 5.85. The molecule has 0 aliphatic rings. The highest BCUT2D eigenvalue weighted by atomic mass is 14.9. The molecule has 0 spiro atoms. The standard InChI is InChI=1S/C13H20N2/c1-8(2)13(14)15-12-10(4)6-9(3)7-11(12)5/h6-8H,1-5H3,(H2,14,15). The van der Waals surface area contributed by atoms with Crippen molar-refractivity contribution in [1.82, 2.24) is 0 Å². The molecule has 0 aliphatic carbocycles. The Bertz CT molecular complexity index is 367. The van der Waals surface area contributed by atoms with Gasteiger partial charge in [0.25, 0.3) is 0 Å². The summed E-state index contributed by atoms with van der Waals surface area (Å²) in [4.78, 5) is 4.49. The van der Waals surface area contributed by atoms with Crippen molar-refractivity contribution in [3.8, 4) is 0 Å². The van der Waals surface area contributed by atoms with E-state index in [-0.39, 0.29) is 0 Å². The fourth-order valence-electron chi connectivity index (χ4n) is 1.61. The average molecular weight is 204 g/mol. The summed E-state index contributed by atoms with van der Waals surface area (Å²) in [7, 11) is 0. The van der Waals surface area contributed by atoms with Crippen LogP contribution in [0.3, 0.4) is 0 Å². The van der Waals surface area contributed by atoms with Gasteiger partial charge in [0.2, 0.25) is 0 Å². The first-order valence-corrected chi connectivity index (χ1v) is 5.33. The van der Waals surface area contributed by atoms with Gasteiger partial charge in [-0.1, -0.05) is 31.5 Å². The lowest BCUT2D eigenvalue weighted by atomic mass is 10.1. The maximum atomic E-state index is 5.87. The molecule has 0 fully saturated rings. The zero-order chi connectivity index (χ0) is 11.6. The molecule has 1 aromatic rings. The van der Waals surface area contributed by atoms with E-state index in [1.165, 1.54) is 16.7 Å². The summed E-state index contributed by atoms with van der Waals surface area (Å²) >= 11 is 0. The van der Waals surface area contributed by atoms with Crippen molar-refractivity contribution in [2.75, 3.05) is 0 Å². The molecule has 0 atom stereocenters. The summed E-state index contributed by atoms with van der Waals surface area (Å²) in [6, 6.07) is 4.28. The monoisotopic (exact) mass is 204 g/mol. The number of nitrogens with zero attached hydrogens (tertiary/aromatic N) is 1. The van der Waals surface area contributed by atoms with Crippen molar-refractivity contribution < 1.29 is 0 Å². The first-order chi connectivity index (χ1) is 6.91. The molecule has 0 aromatic heterocycles. The summed E-state index contributed by atoms with van der Waals surface area (Å²) in [5, 5.41) is 0. The predicted molar refractivity (Wildman–Crippen MR) is 66.8 cm³/mol. The lowest BCUT2D eigenvalue weighted by Crippen LogP contribution is -2.18. The third-order valence-corrected chi connectivity index (χ3v) is 2.47. The summed E-state index contributed by atoms with van der Waals surface area (Å²) in [6.07, 6.45) is 0. The molecule has 1 aromatic carbocycles. The van der Waals surface area contributed by atoms with Crippen molar-refractivity contribution in [2.24, 2.45) is 16.6 Å². The molecule has 82 valence electrons. The highest BCUT2D eigenvalue weighted by Crippen LogP contribution is 2.25. The molecule has 0 radical (unpaired) electrons. The van der Waals surface area contributed by atoms with Crippen molar-refractivity contribution in [3.05, 3.63) is 28.8 Å². The molecule has 0 amide bonds. The van der Waals surface area contributed by atoms with Crippen LogP contribution in [0.4, 0.5) is 5.69 Å². The fraction of sp³-hybridized carbons (Fsp3) is 0.462. The minimum Gasteiger partial charge on any atom is -0.387 e. The van der Waals surface area contributed by atoms with Crippen LogP contribution in [-0.4, -0.2) is 5.84 Å². The third kappa shape index (κ3) is 2.82. The van der Waals surface area contributed by atoms with Gasteiger partial charge in [0.15, 0.2) is 0 Å². The van der Waals surface area contributed by atoms with Gasteiger partial charge in [-0.3, -0.25) is 0 Å². The maximum Gasteiger partial charge on any atom is 0.102 e. The van der Waals surface area contributed by atoms with E-state index in [0.717, 1.165) is 5.69 Å². The molecule has 0 heterocycles. The molecule has 0 saturated carbocycles. The van der Waals surface area contributed by atoms with Crippen LogP contribution in [0.2, 0.25) is 0 Å². The second-order valence-corrected chi connectivity index (χ2v) is 4.44. The van der Waals surface area contributed by atoms with E-state index in [0.29, 0.717) is 11.8 Å². The average Bonchev–Trinajstić information content (AvgIpc) is 2.10. The lowest BCUT2D eigenvalue weighted by molar-refractivity contribution is 0.872. The number of rotatable bonds is 2. The van der Waals surface area contributed by atoms with Crippen LogP contribution < -0.4 is 5.73 Å². The van der Waals surface area contributed by atoms with Crippen molar-refractivity contribution in [2.45, 2.75) is 34.6 Å². The van der Waals surface area contributed by atoms with Gasteiger partial charge in [0, 0.05) is 5.92 Å². The molecule has 2 heteroatoms. The van der Waals surface area contributed by atoms with Crippen LogP contribution in [0.15, 0.2) is 17.1 Å². The molecular weight excluding hydrogens is 184 g/mol. The Labute approximate surface area is 92.2 Å². The number of aliphatic imine (C=N–C) groups is 1. The quantitative estimate of drug-likeness (QED) is 0.583. The van der Waals surface area contributed by atoms with Crippen LogP contribution in [0.1, 0.15) is 30.5 Å². The second-order valence-electron chi connectivity index (χ2n) is 4.44. The Morgan fingerprint density at radius 1 is 1.13 bits per heavy atom. The van der Waals surface area contributed by atoms with Gasteiger partial charge in [-0.25, -0.2) is 4.99 Å². The van der Waals surface area contributed by atoms with E-state index in [1.54, 1.807) is 0 Å². The number of nitrogens with two attached hydrogens (primary N) is 1. The van der Waals surface area contributed by atoms with Crippen molar-refractivity contribution >= 4 is 11.5 Å². The van der Waals surface area contributed by atoms with E-state index in [4.69, 9.17) is 5.73 Å². The molecule has 0 aliphatic heterocycles. The van der Waals surface area contributed by atoms with Crippen LogP contribution in [0.5, 0.6) is 0 Å². The zero-order valence-corrected chi connectivity index (χ0v) is 10.3. The van der Waals surface area contributed by atoms with E-state index >= 15 is 0 Å². The highest BCUT2D eigenvalue weighted by Gasteiger charge is 2.05. The molecule has 2 N–H and O–H groups in total. The molecule has 2 nitrogen and oxygen atoms in total. The minimum atomic E-state index is 0.296. The van der Waals surface area contributed by atoms with Gasteiger partial charge >= 0.3 is 0 Å². The molecule has 0 unspecified atom stereocenters.